The van der Waals surface area contributed by atoms with Gasteiger partial charge in [-0.3, -0.25) is 0 Å². The fourth-order valence-electron chi connectivity index (χ4n) is 4.96. The van der Waals surface area contributed by atoms with E-state index in [1.54, 1.807) is 11.2 Å². The minimum atomic E-state index is -0.472. The van der Waals surface area contributed by atoms with Crippen LogP contribution in [-0.4, -0.2) is 45.8 Å². The van der Waals surface area contributed by atoms with E-state index in [4.69, 9.17) is 9.47 Å². The highest BCUT2D eigenvalue weighted by atomic mass is 32.1. The number of amides is 1. The predicted molar refractivity (Wildman–Crippen MR) is 124 cm³/mol. The molecule has 170 valence electrons. The summed E-state index contributed by atoms with van der Waals surface area (Å²) < 4.78 is 12.0. The number of rotatable bonds is 5. The van der Waals surface area contributed by atoms with Crippen molar-refractivity contribution in [3.63, 3.8) is 0 Å². The molecule has 1 amide bonds. The van der Waals surface area contributed by atoms with Crippen LogP contribution in [0.15, 0.2) is 6.33 Å². The van der Waals surface area contributed by atoms with Gasteiger partial charge < -0.3 is 14.4 Å². The summed E-state index contributed by atoms with van der Waals surface area (Å²) in [7, 11) is 1.84. The van der Waals surface area contributed by atoms with Crippen molar-refractivity contribution in [3.8, 4) is 5.88 Å². The first-order chi connectivity index (χ1) is 14.8. The van der Waals surface area contributed by atoms with Crippen LogP contribution < -0.4 is 4.74 Å². The van der Waals surface area contributed by atoms with Crippen LogP contribution in [0.5, 0.6) is 5.88 Å². The summed E-state index contributed by atoms with van der Waals surface area (Å²) in [6.07, 6.45) is 9.97. The Hall–Kier alpha value is -1.89. The van der Waals surface area contributed by atoms with Crippen LogP contribution in [0.1, 0.15) is 89.0 Å². The molecule has 1 saturated carbocycles. The SMILES string of the molecule is CCC[C@H]1CCc2sc3ncnc(OC4CCC(N(C)C(=O)OC(C)(C)C)CC4)c3c21. The third-order valence-corrected chi connectivity index (χ3v) is 7.66. The summed E-state index contributed by atoms with van der Waals surface area (Å²) >= 11 is 1.81. The first kappa shape index (κ1) is 22.3. The van der Waals surface area contributed by atoms with Gasteiger partial charge in [-0.1, -0.05) is 13.3 Å². The number of nitrogens with zero attached hydrogens (tertiary/aromatic N) is 3. The Labute approximate surface area is 189 Å². The van der Waals surface area contributed by atoms with Gasteiger partial charge in [0.25, 0.3) is 0 Å². The Morgan fingerprint density at radius 2 is 1.94 bits per heavy atom. The van der Waals surface area contributed by atoms with Gasteiger partial charge in [0.2, 0.25) is 5.88 Å². The van der Waals surface area contributed by atoms with Crippen LogP contribution in [0.3, 0.4) is 0 Å². The molecule has 1 atom stereocenters. The number of hydrogen-bond donors (Lipinski definition) is 0. The average Bonchev–Trinajstić information content (AvgIpc) is 3.27. The monoisotopic (exact) mass is 445 g/mol. The van der Waals surface area contributed by atoms with Crippen molar-refractivity contribution >= 4 is 27.6 Å². The number of fused-ring (bicyclic) bond motifs is 3. The molecule has 6 nitrogen and oxygen atoms in total. The molecule has 0 unspecified atom stereocenters. The van der Waals surface area contributed by atoms with Crippen molar-refractivity contribution in [3.05, 3.63) is 16.8 Å². The number of carbonyl (C=O) groups is 1. The van der Waals surface area contributed by atoms with E-state index in [1.165, 1.54) is 29.7 Å². The lowest BCUT2D eigenvalue weighted by Crippen LogP contribution is -2.43. The minimum Gasteiger partial charge on any atom is -0.474 e. The van der Waals surface area contributed by atoms with Crippen molar-refractivity contribution in [2.75, 3.05) is 7.05 Å². The van der Waals surface area contributed by atoms with Crippen LogP contribution in [0.2, 0.25) is 0 Å². The maximum absolute atomic E-state index is 12.4. The number of aryl methyl sites for hydroxylation is 1. The van der Waals surface area contributed by atoms with E-state index in [0.717, 1.165) is 48.2 Å². The van der Waals surface area contributed by atoms with E-state index in [9.17, 15) is 4.79 Å². The van der Waals surface area contributed by atoms with Gasteiger partial charge in [0, 0.05) is 18.0 Å². The average molecular weight is 446 g/mol. The number of ether oxygens (including phenoxy) is 2. The summed E-state index contributed by atoms with van der Waals surface area (Å²) in [5.41, 5.74) is 0.983. The van der Waals surface area contributed by atoms with Crippen molar-refractivity contribution < 1.29 is 14.3 Å². The van der Waals surface area contributed by atoms with Crippen molar-refractivity contribution in [2.45, 2.75) is 103 Å². The zero-order valence-corrected chi connectivity index (χ0v) is 20.3. The van der Waals surface area contributed by atoms with E-state index in [1.807, 2.05) is 39.2 Å². The quantitative estimate of drug-likeness (QED) is 0.558. The highest BCUT2D eigenvalue weighted by Gasteiger charge is 2.32. The maximum Gasteiger partial charge on any atom is 0.410 e. The molecule has 2 aliphatic carbocycles. The lowest BCUT2D eigenvalue weighted by atomic mass is 9.92. The van der Waals surface area contributed by atoms with Crippen molar-refractivity contribution in [2.24, 2.45) is 0 Å². The molecule has 0 N–H and O–H groups in total. The highest BCUT2D eigenvalue weighted by molar-refractivity contribution is 7.19. The molecule has 4 rings (SSSR count). The number of carbonyl (C=O) groups excluding carboxylic acids is 1. The van der Waals surface area contributed by atoms with Gasteiger partial charge in [-0.15, -0.1) is 11.3 Å². The Morgan fingerprint density at radius 3 is 2.61 bits per heavy atom. The molecule has 0 spiro atoms. The fourth-order valence-corrected chi connectivity index (χ4v) is 6.19. The van der Waals surface area contributed by atoms with Crippen LogP contribution >= 0.6 is 11.3 Å². The maximum atomic E-state index is 12.4. The minimum absolute atomic E-state index is 0.128. The molecule has 2 aliphatic rings. The standard InChI is InChI=1S/C24H35N3O3S/c1-6-7-15-8-13-18-19(15)20-21(25-14-26-22(20)31-18)29-17-11-9-16(10-12-17)27(5)23(28)30-24(2,3)4/h14-17H,6-13H2,1-5H3/t15-,16?,17?/m0/s1. The van der Waals surface area contributed by atoms with Crippen molar-refractivity contribution in [1.82, 2.24) is 14.9 Å². The summed E-state index contributed by atoms with van der Waals surface area (Å²) in [5.74, 6) is 1.37. The molecule has 0 saturated heterocycles. The largest absolute Gasteiger partial charge is 0.474 e. The van der Waals surface area contributed by atoms with E-state index in [-0.39, 0.29) is 18.2 Å². The highest BCUT2D eigenvalue weighted by Crippen LogP contribution is 2.47. The molecule has 2 aromatic heterocycles. The zero-order chi connectivity index (χ0) is 22.2. The van der Waals surface area contributed by atoms with Crippen LogP contribution in [0.25, 0.3) is 10.2 Å². The van der Waals surface area contributed by atoms with Crippen LogP contribution in [-0.2, 0) is 11.2 Å². The molecule has 0 radical (unpaired) electrons. The van der Waals surface area contributed by atoms with Gasteiger partial charge in [-0.05, 0) is 77.2 Å². The lowest BCUT2D eigenvalue weighted by molar-refractivity contribution is 0.0138. The first-order valence-electron chi connectivity index (χ1n) is 11.7. The third-order valence-electron chi connectivity index (χ3n) is 6.48. The van der Waals surface area contributed by atoms with Gasteiger partial charge in [-0.25, -0.2) is 14.8 Å². The third kappa shape index (κ3) is 4.81. The van der Waals surface area contributed by atoms with Gasteiger partial charge in [0.1, 0.15) is 22.9 Å². The normalized spacial score (nSPS) is 23.6. The predicted octanol–water partition coefficient (Wildman–Crippen LogP) is 6.08. The topological polar surface area (TPSA) is 64.6 Å². The van der Waals surface area contributed by atoms with Gasteiger partial charge >= 0.3 is 6.09 Å². The molecule has 31 heavy (non-hydrogen) atoms. The van der Waals surface area contributed by atoms with Crippen molar-refractivity contribution in [1.29, 1.82) is 0 Å². The number of thiophene rings is 1. The Kier molecular flexibility index (Phi) is 6.42. The number of hydrogen-bond acceptors (Lipinski definition) is 6. The summed E-state index contributed by atoms with van der Waals surface area (Å²) in [5, 5.41) is 1.16. The second kappa shape index (κ2) is 8.93. The lowest BCUT2D eigenvalue weighted by Gasteiger charge is -2.35. The molecule has 7 heteroatoms. The van der Waals surface area contributed by atoms with Gasteiger partial charge in [0.15, 0.2) is 0 Å². The molecule has 2 aromatic rings. The Bertz CT molecular complexity index is 928. The molecular weight excluding hydrogens is 410 g/mol. The molecule has 2 heterocycles. The Morgan fingerprint density at radius 1 is 1.19 bits per heavy atom. The summed E-state index contributed by atoms with van der Waals surface area (Å²) in [6.45, 7) is 7.96. The summed E-state index contributed by atoms with van der Waals surface area (Å²) in [6, 6.07) is 0.194. The van der Waals surface area contributed by atoms with E-state index < -0.39 is 5.60 Å². The molecule has 0 bridgehead atoms. The van der Waals surface area contributed by atoms with Crippen LogP contribution in [0.4, 0.5) is 4.79 Å². The summed E-state index contributed by atoms with van der Waals surface area (Å²) in [4.78, 5) is 25.8. The second-order valence-electron chi connectivity index (χ2n) is 9.96. The van der Waals surface area contributed by atoms with Crippen LogP contribution in [0, 0.1) is 0 Å². The zero-order valence-electron chi connectivity index (χ0n) is 19.4. The molecule has 0 aromatic carbocycles. The fraction of sp³-hybridized carbons (Fsp3) is 0.708. The van der Waals surface area contributed by atoms with Gasteiger partial charge in [0.05, 0.1) is 5.39 Å². The first-order valence-corrected chi connectivity index (χ1v) is 12.5. The van der Waals surface area contributed by atoms with E-state index in [0.29, 0.717) is 5.92 Å². The Balaban J connectivity index is 1.43. The second-order valence-corrected chi connectivity index (χ2v) is 11.0. The smallest absolute Gasteiger partial charge is 0.410 e. The molecule has 0 aliphatic heterocycles. The number of aromatic nitrogens is 2. The van der Waals surface area contributed by atoms with E-state index >= 15 is 0 Å². The van der Waals surface area contributed by atoms with Gasteiger partial charge in [-0.2, -0.15) is 0 Å². The molecular formula is C24H35N3O3S. The molecule has 1 fully saturated rings. The van der Waals surface area contributed by atoms with E-state index in [2.05, 4.69) is 16.9 Å².